The third-order valence-electron chi connectivity index (χ3n) is 4.66. The molecule has 1 aromatic carbocycles. The molecule has 1 aromatic heterocycles. The summed E-state index contributed by atoms with van der Waals surface area (Å²) < 4.78 is 1.27. The van der Waals surface area contributed by atoms with E-state index in [1.807, 2.05) is 36.4 Å². The molecule has 1 unspecified atom stereocenters. The zero-order valence-corrected chi connectivity index (χ0v) is 14.6. The van der Waals surface area contributed by atoms with Gasteiger partial charge in [0.1, 0.15) is 5.82 Å². The topological polar surface area (TPSA) is 101 Å². The highest BCUT2D eigenvalue weighted by atomic mass is 16.2. The fourth-order valence-corrected chi connectivity index (χ4v) is 3.18. The number of H-pyrrole nitrogens is 1. The molecule has 136 valence electrons. The molecule has 7 nitrogen and oxygen atoms in total. The molecule has 1 atom stereocenters. The number of aromatic amines is 1. The molecule has 26 heavy (non-hydrogen) atoms. The number of nitrogen functional groups attached to an aromatic ring is 1. The van der Waals surface area contributed by atoms with Crippen LogP contribution in [0.1, 0.15) is 24.8 Å². The van der Waals surface area contributed by atoms with Crippen molar-refractivity contribution in [3.8, 4) is 0 Å². The minimum absolute atomic E-state index is 0.00695. The first kappa shape index (κ1) is 17.7. The van der Waals surface area contributed by atoms with E-state index in [0.29, 0.717) is 6.42 Å². The number of nitrogens with zero attached hydrogens (tertiary/aromatic N) is 2. The molecular weight excluding hydrogens is 332 g/mol. The number of hydrogen-bond donors (Lipinski definition) is 2. The first-order valence-electron chi connectivity index (χ1n) is 8.57. The highest BCUT2D eigenvalue weighted by Crippen LogP contribution is 2.23. The van der Waals surface area contributed by atoms with Gasteiger partial charge in [-0.1, -0.05) is 42.5 Å². The molecule has 0 radical (unpaired) electrons. The monoisotopic (exact) mass is 354 g/mol. The second-order valence-electron chi connectivity index (χ2n) is 6.49. The van der Waals surface area contributed by atoms with E-state index in [1.54, 1.807) is 0 Å². The number of nitrogens with two attached hydrogens (primary N) is 1. The SMILES string of the molecule is CN(C(=O)CC1C=CCC1)c1c(N)n(Cc2ccccc2)c(=O)[nH]c1=O. The van der Waals surface area contributed by atoms with Crippen LogP contribution in [0.25, 0.3) is 0 Å². The number of carbonyl (C=O) groups excluding carboxylic acids is 1. The number of nitrogens with one attached hydrogen (secondary N) is 1. The Balaban J connectivity index is 1.92. The molecule has 1 aliphatic carbocycles. The van der Waals surface area contributed by atoms with Crippen LogP contribution in [0.4, 0.5) is 11.5 Å². The van der Waals surface area contributed by atoms with Gasteiger partial charge in [-0.05, 0) is 24.3 Å². The zero-order valence-electron chi connectivity index (χ0n) is 14.6. The summed E-state index contributed by atoms with van der Waals surface area (Å²) >= 11 is 0. The molecule has 1 amide bonds. The molecule has 0 bridgehead atoms. The highest BCUT2D eigenvalue weighted by molar-refractivity contribution is 5.95. The van der Waals surface area contributed by atoms with Crippen LogP contribution in [0.15, 0.2) is 52.1 Å². The predicted molar refractivity (Wildman–Crippen MR) is 101 cm³/mol. The van der Waals surface area contributed by atoms with Gasteiger partial charge in [0.05, 0.1) is 6.54 Å². The number of rotatable bonds is 5. The summed E-state index contributed by atoms with van der Waals surface area (Å²) in [5.74, 6) is -0.0374. The van der Waals surface area contributed by atoms with Crippen molar-refractivity contribution in [2.45, 2.75) is 25.8 Å². The summed E-state index contributed by atoms with van der Waals surface area (Å²) in [5, 5.41) is 0. The maximum absolute atomic E-state index is 12.6. The number of carbonyl (C=O) groups is 1. The van der Waals surface area contributed by atoms with Gasteiger partial charge in [-0.3, -0.25) is 19.1 Å². The average molecular weight is 354 g/mol. The maximum atomic E-state index is 12.6. The van der Waals surface area contributed by atoms with Crippen molar-refractivity contribution >= 4 is 17.4 Å². The third-order valence-corrected chi connectivity index (χ3v) is 4.66. The van der Waals surface area contributed by atoms with Gasteiger partial charge in [0.15, 0.2) is 5.69 Å². The van der Waals surface area contributed by atoms with Gasteiger partial charge in [-0.2, -0.15) is 0 Å². The van der Waals surface area contributed by atoms with Crippen molar-refractivity contribution in [3.05, 3.63) is 68.9 Å². The fraction of sp³-hybridized carbons (Fsp3) is 0.316. The van der Waals surface area contributed by atoms with Crippen LogP contribution in [0, 0.1) is 5.92 Å². The Hall–Kier alpha value is -3.09. The minimum atomic E-state index is -0.658. The molecule has 0 saturated heterocycles. The number of aromatic nitrogens is 2. The molecule has 0 spiro atoms. The summed E-state index contributed by atoms with van der Waals surface area (Å²) in [6.45, 7) is 0.211. The summed E-state index contributed by atoms with van der Waals surface area (Å²) in [7, 11) is 1.51. The second kappa shape index (κ2) is 7.43. The lowest BCUT2D eigenvalue weighted by Crippen LogP contribution is -2.39. The van der Waals surface area contributed by atoms with E-state index in [1.165, 1.54) is 16.5 Å². The smallest absolute Gasteiger partial charge is 0.330 e. The number of allylic oxidation sites excluding steroid dienone is 2. The van der Waals surface area contributed by atoms with E-state index >= 15 is 0 Å². The van der Waals surface area contributed by atoms with Crippen molar-refractivity contribution in [1.82, 2.24) is 9.55 Å². The Morgan fingerprint density at radius 3 is 2.69 bits per heavy atom. The Morgan fingerprint density at radius 2 is 2.04 bits per heavy atom. The van der Waals surface area contributed by atoms with E-state index in [9.17, 15) is 14.4 Å². The van der Waals surface area contributed by atoms with E-state index in [0.717, 1.165) is 18.4 Å². The van der Waals surface area contributed by atoms with Crippen LogP contribution in [-0.4, -0.2) is 22.5 Å². The number of benzene rings is 1. The maximum Gasteiger partial charge on any atom is 0.330 e. The Labute approximate surface area is 150 Å². The summed E-state index contributed by atoms with van der Waals surface area (Å²) in [4.78, 5) is 40.6. The van der Waals surface area contributed by atoms with Crippen molar-refractivity contribution < 1.29 is 4.79 Å². The molecule has 2 aromatic rings. The Bertz CT molecular complexity index is 943. The molecule has 1 aliphatic rings. The third kappa shape index (κ3) is 3.61. The molecule has 0 aliphatic heterocycles. The number of amides is 1. The molecule has 1 heterocycles. The van der Waals surface area contributed by atoms with E-state index in [2.05, 4.69) is 11.1 Å². The van der Waals surface area contributed by atoms with Gasteiger partial charge < -0.3 is 10.6 Å². The van der Waals surface area contributed by atoms with Crippen molar-refractivity contribution in [1.29, 1.82) is 0 Å². The highest BCUT2D eigenvalue weighted by Gasteiger charge is 2.23. The summed E-state index contributed by atoms with van der Waals surface area (Å²) in [6.07, 6.45) is 6.28. The predicted octanol–water partition coefficient (Wildman–Crippen LogP) is 1.49. The largest absolute Gasteiger partial charge is 0.383 e. The van der Waals surface area contributed by atoms with Gasteiger partial charge in [0, 0.05) is 13.5 Å². The van der Waals surface area contributed by atoms with Gasteiger partial charge in [0.25, 0.3) is 5.56 Å². The molecule has 0 saturated carbocycles. The first-order chi connectivity index (χ1) is 12.5. The second-order valence-corrected chi connectivity index (χ2v) is 6.49. The molecule has 3 rings (SSSR count). The normalized spacial score (nSPS) is 16.0. The zero-order chi connectivity index (χ0) is 18.7. The lowest BCUT2D eigenvalue weighted by molar-refractivity contribution is -0.118. The van der Waals surface area contributed by atoms with Crippen LogP contribution in [0.3, 0.4) is 0 Å². The van der Waals surface area contributed by atoms with Crippen LogP contribution in [0.2, 0.25) is 0 Å². The standard InChI is InChI=1S/C19H22N4O3/c1-22(15(24)11-13-7-5-6-8-13)16-17(20)23(19(26)21-18(16)25)12-14-9-3-2-4-10-14/h2-5,7,9-10,13H,6,8,11-12,20H2,1H3,(H,21,25,26). The molecule has 0 fully saturated rings. The summed E-state index contributed by atoms with van der Waals surface area (Å²) in [5.41, 5.74) is 5.73. The number of hydrogen-bond acceptors (Lipinski definition) is 4. The van der Waals surface area contributed by atoms with E-state index in [-0.39, 0.29) is 29.9 Å². The molecule has 3 N–H and O–H groups in total. The average Bonchev–Trinajstić information content (AvgIpc) is 3.12. The fourth-order valence-electron chi connectivity index (χ4n) is 3.18. The Morgan fingerprint density at radius 1 is 1.31 bits per heavy atom. The lowest BCUT2D eigenvalue weighted by Gasteiger charge is -2.21. The van der Waals surface area contributed by atoms with Crippen molar-refractivity contribution in [2.24, 2.45) is 5.92 Å². The summed E-state index contributed by atoms with van der Waals surface area (Å²) in [6, 6.07) is 9.30. The van der Waals surface area contributed by atoms with Crippen molar-refractivity contribution in [2.75, 3.05) is 17.7 Å². The first-order valence-corrected chi connectivity index (χ1v) is 8.57. The van der Waals surface area contributed by atoms with Gasteiger partial charge in [-0.25, -0.2) is 4.79 Å². The number of anilines is 2. The van der Waals surface area contributed by atoms with Crippen molar-refractivity contribution in [3.63, 3.8) is 0 Å². The van der Waals surface area contributed by atoms with Crippen LogP contribution < -0.4 is 21.9 Å². The van der Waals surface area contributed by atoms with E-state index in [4.69, 9.17) is 5.73 Å². The quantitative estimate of drug-likeness (QED) is 0.794. The Kier molecular flexibility index (Phi) is 5.06. The van der Waals surface area contributed by atoms with Crippen LogP contribution in [-0.2, 0) is 11.3 Å². The van der Waals surface area contributed by atoms with Crippen LogP contribution >= 0.6 is 0 Å². The van der Waals surface area contributed by atoms with Gasteiger partial charge in [0.2, 0.25) is 5.91 Å². The van der Waals surface area contributed by atoms with Gasteiger partial charge in [-0.15, -0.1) is 0 Å². The van der Waals surface area contributed by atoms with E-state index < -0.39 is 11.2 Å². The lowest BCUT2D eigenvalue weighted by atomic mass is 10.0. The molecule has 7 heteroatoms. The molecular formula is C19H22N4O3. The minimum Gasteiger partial charge on any atom is -0.383 e. The van der Waals surface area contributed by atoms with Crippen LogP contribution in [0.5, 0.6) is 0 Å². The van der Waals surface area contributed by atoms with Gasteiger partial charge >= 0.3 is 5.69 Å².